The molecule has 1 N–H and O–H groups in total. The summed E-state index contributed by atoms with van der Waals surface area (Å²) in [6, 6.07) is 8.25. The Morgan fingerprint density at radius 2 is 2.00 bits per heavy atom. The van der Waals surface area contributed by atoms with Crippen LogP contribution in [0.5, 0.6) is 0 Å². The molecule has 2 aromatic rings. The predicted octanol–water partition coefficient (Wildman–Crippen LogP) is 1.25. The first-order valence-electron chi connectivity index (χ1n) is 5.90. The number of benzene rings is 1. The average Bonchev–Trinajstić information content (AvgIpc) is 2.78. The highest BCUT2D eigenvalue weighted by atomic mass is 16.5. The average molecular weight is 246 g/mol. The molecule has 0 spiro atoms. The molecule has 18 heavy (non-hydrogen) atoms. The van der Waals surface area contributed by atoms with Gasteiger partial charge in [-0.25, -0.2) is 4.98 Å². The van der Waals surface area contributed by atoms with Crippen molar-refractivity contribution in [1.82, 2.24) is 20.1 Å². The monoisotopic (exact) mass is 246 g/mol. The maximum absolute atomic E-state index is 5.18. The molecule has 0 saturated heterocycles. The first-order chi connectivity index (χ1) is 8.79. The summed E-state index contributed by atoms with van der Waals surface area (Å²) in [5.41, 5.74) is 2.46. The Hall–Kier alpha value is -1.72. The Morgan fingerprint density at radius 1 is 1.22 bits per heavy atom. The van der Waals surface area contributed by atoms with E-state index in [9.17, 15) is 0 Å². The standard InChI is InChI=1S/C13H18N4O/c1-17-10-15-13(16-17)8-14-7-11-5-3-4-6-12(11)9-18-2/h3-6,10,14H,7-9H2,1-2H3. The van der Waals surface area contributed by atoms with Gasteiger partial charge >= 0.3 is 0 Å². The molecular formula is C13H18N4O. The number of aryl methyl sites for hydroxylation is 1. The molecule has 0 aliphatic rings. The maximum atomic E-state index is 5.18. The minimum Gasteiger partial charge on any atom is -0.380 e. The lowest BCUT2D eigenvalue weighted by molar-refractivity contribution is 0.184. The molecule has 0 saturated carbocycles. The molecule has 0 radical (unpaired) electrons. The number of nitrogens with one attached hydrogen (secondary N) is 1. The molecule has 0 bridgehead atoms. The molecule has 0 atom stereocenters. The molecule has 1 aromatic carbocycles. The summed E-state index contributed by atoms with van der Waals surface area (Å²) in [7, 11) is 3.58. The minimum atomic E-state index is 0.639. The van der Waals surface area contributed by atoms with Crippen molar-refractivity contribution in [2.24, 2.45) is 7.05 Å². The second-order valence-corrected chi connectivity index (χ2v) is 4.14. The quantitative estimate of drug-likeness (QED) is 0.833. The zero-order chi connectivity index (χ0) is 12.8. The third-order valence-electron chi connectivity index (χ3n) is 2.66. The first kappa shape index (κ1) is 12.7. The van der Waals surface area contributed by atoms with E-state index < -0.39 is 0 Å². The fraction of sp³-hybridized carbons (Fsp3) is 0.385. The SMILES string of the molecule is COCc1ccccc1CNCc1ncn(C)n1. The predicted molar refractivity (Wildman–Crippen MR) is 68.7 cm³/mol. The number of hydrogen-bond donors (Lipinski definition) is 1. The van der Waals surface area contributed by atoms with E-state index in [-0.39, 0.29) is 0 Å². The molecule has 5 heteroatoms. The van der Waals surface area contributed by atoms with Gasteiger partial charge in [-0.15, -0.1) is 0 Å². The van der Waals surface area contributed by atoms with Crippen molar-refractivity contribution in [2.45, 2.75) is 19.7 Å². The Kier molecular flexibility index (Phi) is 4.44. The van der Waals surface area contributed by atoms with Crippen LogP contribution in [0.25, 0.3) is 0 Å². The number of ether oxygens (including phenoxy) is 1. The van der Waals surface area contributed by atoms with Gasteiger partial charge in [-0.3, -0.25) is 4.68 Å². The number of rotatable bonds is 6. The number of methoxy groups -OCH3 is 1. The number of nitrogens with zero attached hydrogens (tertiary/aromatic N) is 3. The summed E-state index contributed by atoms with van der Waals surface area (Å²) in [4.78, 5) is 4.17. The van der Waals surface area contributed by atoms with Crippen LogP contribution in [0.15, 0.2) is 30.6 Å². The molecule has 96 valence electrons. The van der Waals surface area contributed by atoms with Crippen LogP contribution >= 0.6 is 0 Å². The van der Waals surface area contributed by atoms with E-state index in [2.05, 4.69) is 27.5 Å². The van der Waals surface area contributed by atoms with E-state index in [1.54, 1.807) is 18.1 Å². The van der Waals surface area contributed by atoms with Crippen molar-refractivity contribution in [1.29, 1.82) is 0 Å². The van der Waals surface area contributed by atoms with Crippen LogP contribution < -0.4 is 5.32 Å². The van der Waals surface area contributed by atoms with Crippen molar-refractivity contribution >= 4 is 0 Å². The van der Waals surface area contributed by atoms with E-state index >= 15 is 0 Å². The topological polar surface area (TPSA) is 52.0 Å². The van der Waals surface area contributed by atoms with E-state index in [1.807, 2.05) is 19.2 Å². The first-order valence-corrected chi connectivity index (χ1v) is 5.90. The molecule has 0 aliphatic carbocycles. The zero-order valence-electron chi connectivity index (χ0n) is 10.8. The van der Waals surface area contributed by atoms with Crippen molar-refractivity contribution in [3.8, 4) is 0 Å². The minimum absolute atomic E-state index is 0.639. The van der Waals surface area contributed by atoms with Crippen molar-refractivity contribution in [3.05, 3.63) is 47.5 Å². The summed E-state index contributed by atoms with van der Waals surface area (Å²) >= 11 is 0. The highest BCUT2D eigenvalue weighted by Crippen LogP contribution is 2.09. The molecular weight excluding hydrogens is 228 g/mol. The lowest BCUT2D eigenvalue weighted by Crippen LogP contribution is -2.15. The van der Waals surface area contributed by atoms with Gasteiger partial charge in [-0.05, 0) is 11.1 Å². The third kappa shape index (κ3) is 3.38. The van der Waals surface area contributed by atoms with Gasteiger partial charge in [0.05, 0.1) is 13.2 Å². The Labute approximate surface area is 107 Å². The van der Waals surface area contributed by atoms with Gasteiger partial charge in [0.1, 0.15) is 6.33 Å². The second-order valence-electron chi connectivity index (χ2n) is 4.14. The van der Waals surface area contributed by atoms with Gasteiger partial charge in [-0.2, -0.15) is 5.10 Å². The molecule has 0 amide bonds. The summed E-state index contributed by atoms with van der Waals surface area (Å²) < 4.78 is 6.88. The van der Waals surface area contributed by atoms with Crippen molar-refractivity contribution in [3.63, 3.8) is 0 Å². The Balaban J connectivity index is 1.89. The van der Waals surface area contributed by atoms with Gasteiger partial charge < -0.3 is 10.1 Å². The van der Waals surface area contributed by atoms with Gasteiger partial charge in [0.2, 0.25) is 0 Å². The van der Waals surface area contributed by atoms with Crippen molar-refractivity contribution in [2.75, 3.05) is 7.11 Å². The molecule has 0 unspecified atom stereocenters. The normalized spacial score (nSPS) is 10.8. The molecule has 0 fully saturated rings. The maximum Gasteiger partial charge on any atom is 0.164 e. The van der Waals surface area contributed by atoms with Crippen molar-refractivity contribution < 1.29 is 4.74 Å². The fourth-order valence-electron chi connectivity index (χ4n) is 1.80. The van der Waals surface area contributed by atoms with Crippen LogP contribution in [0, 0.1) is 0 Å². The fourth-order valence-corrected chi connectivity index (χ4v) is 1.80. The summed E-state index contributed by atoms with van der Waals surface area (Å²) in [5.74, 6) is 0.807. The van der Waals surface area contributed by atoms with Gasteiger partial charge in [0, 0.05) is 20.7 Å². The smallest absolute Gasteiger partial charge is 0.164 e. The van der Waals surface area contributed by atoms with Crippen LogP contribution in [0.1, 0.15) is 17.0 Å². The number of hydrogen-bond acceptors (Lipinski definition) is 4. The van der Waals surface area contributed by atoms with E-state index in [0.29, 0.717) is 13.2 Å². The van der Waals surface area contributed by atoms with Gasteiger partial charge in [0.25, 0.3) is 0 Å². The van der Waals surface area contributed by atoms with Crippen LogP contribution in [0.2, 0.25) is 0 Å². The Bertz CT molecular complexity index is 495. The molecule has 0 aliphatic heterocycles. The van der Waals surface area contributed by atoms with Gasteiger partial charge in [0.15, 0.2) is 5.82 Å². The van der Waals surface area contributed by atoms with Crippen LogP contribution in [0.3, 0.4) is 0 Å². The van der Waals surface area contributed by atoms with E-state index in [0.717, 1.165) is 12.4 Å². The third-order valence-corrected chi connectivity index (χ3v) is 2.66. The molecule has 1 heterocycles. The zero-order valence-corrected chi connectivity index (χ0v) is 10.8. The highest BCUT2D eigenvalue weighted by molar-refractivity contribution is 5.26. The molecule has 5 nitrogen and oxygen atoms in total. The van der Waals surface area contributed by atoms with Crippen LogP contribution in [-0.4, -0.2) is 21.9 Å². The highest BCUT2D eigenvalue weighted by Gasteiger charge is 2.02. The lowest BCUT2D eigenvalue weighted by atomic mass is 10.1. The number of aromatic nitrogens is 3. The Morgan fingerprint density at radius 3 is 2.67 bits per heavy atom. The summed E-state index contributed by atoms with van der Waals surface area (Å²) in [5, 5.41) is 7.56. The largest absolute Gasteiger partial charge is 0.380 e. The molecule has 2 rings (SSSR count). The van der Waals surface area contributed by atoms with E-state index in [4.69, 9.17) is 4.74 Å². The summed E-state index contributed by atoms with van der Waals surface area (Å²) in [6.45, 7) is 2.10. The van der Waals surface area contributed by atoms with Crippen LogP contribution in [0.4, 0.5) is 0 Å². The lowest BCUT2D eigenvalue weighted by Gasteiger charge is -2.08. The molecule has 1 aromatic heterocycles. The summed E-state index contributed by atoms with van der Waals surface area (Å²) in [6.07, 6.45) is 1.70. The second kappa shape index (κ2) is 6.28. The van der Waals surface area contributed by atoms with Crippen LogP contribution in [-0.2, 0) is 31.5 Å². The van der Waals surface area contributed by atoms with Gasteiger partial charge in [-0.1, -0.05) is 24.3 Å². The van der Waals surface area contributed by atoms with E-state index in [1.165, 1.54) is 11.1 Å².